The van der Waals surface area contributed by atoms with Crippen LogP contribution in [-0.2, 0) is 4.74 Å². The number of aliphatic hydroxyl groups excluding tert-OH is 1. The quantitative estimate of drug-likeness (QED) is 0.626. The van der Waals surface area contributed by atoms with E-state index in [4.69, 9.17) is 4.74 Å². The summed E-state index contributed by atoms with van der Waals surface area (Å²) >= 11 is 0. The molecule has 2 nitrogen and oxygen atoms in total. The van der Waals surface area contributed by atoms with Crippen LogP contribution in [0.2, 0.25) is 0 Å². The normalized spacial score (nSPS) is 29.5. The molecular formula is C9H16O2. The molecule has 1 aliphatic rings. The molecule has 11 heavy (non-hydrogen) atoms. The molecule has 0 bridgehead atoms. The summed E-state index contributed by atoms with van der Waals surface area (Å²) in [6, 6.07) is 0. The van der Waals surface area contributed by atoms with Crippen molar-refractivity contribution in [3.8, 4) is 0 Å². The summed E-state index contributed by atoms with van der Waals surface area (Å²) in [6.45, 7) is 4.14. The van der Waals surface area contributed by atoms with E-state index in [9.17, 15) is 5.11 Å². The maximum Gasteiger partial charge on any atom is 0.0941 e. The van der Waals surface area contributed by atoms with E-state index in [1.165, 1.54) is 0 Å². The van der Waals surface area contributed by atoms with Crippen LogP contribution in [0.3, 0.4) is 0 Å². The topological polar surface area (TPSA) is 29.5 Å². The fourth-order valence-electron chi connectivity index (χ4n) is 1.25. The summed E-state index contributed by atoms with van der Waals surface area (Å²) in [5.41, 5.74) is 0.0159. The second-order valence-electron chi connectivity index (χ2n) is 3.77. The minimum absolute atomic E-state index is 0.0159. The molecule has 0 fully saturated rings. The largest absolute Gasteiger partial charge is 0.501 e. The fraction of sp³-hybridized carbons (Fsp3) is 0.778. The van der Waals surface area contributed by atoms with E-state index in [2.05, 4.69) is 13.8 Å². The Bertz CT molecular complexity index is 170. The van der Waals surface area contributed by atoms with Gasteiger partial charge in [-0.2, -0.15) is 0 Å². The SMILES string of the molecule is COC1=CC(O)C(C)(C)CC1. The second kappa shape index (κ2) is 2.86. The van der Waals surface area contributed by atoms with Gasteiger partial charge in [-0.25, -0.2) is 0 Å². The maximum absolute atomic E-state index is 9.58. The highest BCUT2D eigenvalue weighted by Crippen LogP contribution is 2.34. The third kappa shape index (κ3) is 1.74. The van der Waals surface area contributed by atoms with Crippen molar-refractivity contribution < 1.29 is 9.84 Å². The molecule has 0 saturated carbocycles. The molecule has 1 N–H and O–H groups in total. The first-order valence-electron chi connectivity index (χ1n) is 3.99. The lowest BCUT2D eigenvalue weighted by atomic mass is 9.78. The Morgan fingerprint density at radius 1 is 1.64 bits per heavy atom. The molecule has 0 radical (unpaired) electrons. The molecule has 1 atom stereocenters. The zero-order valence-electron chi connectivity index (χ0n) is 7.42. The van der Waals surface area contributed by atoms with Crippen molar-refractivity contribution >= 4 is 0 Å². The van der Waals surface area contributed by atoms with Crippen LogP contribution < -0.4 is 0 Å². The van der Waals surface area contributed by atoms with Crippen molar-refractivity contribution in [2.75, 3.05) is 7.11 Å². The van der Waals surface area contributed by atoms with Gasteiger partial charge in [0.25, 0.3) is 0 Å². The summed E-state index contributed by atoms with van der Waals surface area (Å²) in [7, 11) is 1.65. The molecule has 1 unspecified atom stereocenters. The Balaban J connectivity index is 2.70. The molecule has 0 amide bonds. The Morgan fingerprint density at radius 3 is 2.73 bits per heavy atom. The molecule has 0 aromatic rings. The third-order valence-electron chi connectivity index (χ3n) is 2.42. The highest BCUT2D eigenvalue weighted by atomic mass is 16.5. The Kier molecular flexibility index (Phi) is 2.23. The first-order valence-corrected chi connectivity index (χ1v) is 3.99. The first-order chi connectivity index (χ1) is 5.06. The molecule has 0 heterocycles. The third-order valence-corrected chi connectivity index (χ3v) is 2.42. The van der Waals surface area contributed by atoms with Crippen LogP contribution in [0.15, 0.2) is 11.8 Å². The van der Waals surface area contributed by atoms with Crippen LogP contribution in [-0.4, -0.2) is 18.3 Å². The molecular weight excluding hydrogens is 140 g/mol. The maximum atomic E-state index is 9.58. The van der Waals surface area contributed by atoms with Crippen molar-refractivity contribution in [3.05, 3.63) is 11.8 Å². The van der Waals surface area contributed by atoms with Gasteiger partial charge in [-0.3, -0.25) is 0 Å². The minimum Gasteiger partial charge on any atom is -0.501 e. The molecule has 1 aliphatic carbocycles. The van der Waals surface area contributed by atoms with Crippen molar-refractivity contribution in [3.63, 3.8) is 0 Å². The van der Waals surface area contributed by atoms with Gasteiger partial charge >= 0.3 is 0 Å². The summed E-state index contributed by atoms with van der Waals surface area (Å²) in [5, 5.41) is 9.58. The highest BCUT2D eigenvalue weighted by molar-refractivity contribution is 5.07. The standard InChI is InChI=1S/C9H16O2/c1-9(2)5-4-7(11-3)6-8(9)10/h6,8,10H,4-5H2,1-3H3. The van der Waals surface area contributed by atoms with Gasteiger partial charge < -0.3 is 9.84 Å². The van der Waals surface area contributed by atoms with Gasteiger partial charge in [-0.05, 0) is 17.9 Å². The molecule has 0 saturated heterocycles. The number of allylic oxidation sites excluding steroid dienone is 1. The Morgan fingerprint density at radius 2 is 2.27 bits per heavy atom. The Hall–Kier alpha value is -0.500. The van der Waals surface area contributed by atoms with Crippen molar-refractivity contribution in [2.24, 2.45) is 5.41 Å². The van der Waals surface area contributed by atoms with Crippen molar-refractivity contribution in [1.29, 1.82) is 0 Å². The molecule has 0 aromatic carbocycles. The smallest absolute Gasteiger partial charge is 0.0941 e. The average Bonchev–Trinajstić information content (AvgIpc) is 1.95. The highest BCUT2D eigenvalue weighted by Gasteiger charge is 2.30. The van der Waals surface area contributed by atoms with Gasteiger partial charge in [0.05, 0.1) is 19.0 Å². The second-order valence-corrected chi connectivity index (χ2v) is 3.77. The van der Waals surface area contributed by atoms with Gasteiger partial charge in [0.2, 0.25) is 0 Å². The number of hydrogen-bond acceptors (Lipinski definition) is 2. The van der Waals surface area contributed by atoms with Crippen LogP contribution in [0, 0.1) is 5.41 Å². The Labute approximate surface area is 67.9 Å². The van der Waals surface area contributed by atoms with Crippen LogP contribution in [0.1, 0.15) is 26.7 Å². The van der Waals surface area contributed by atoms with Crippen LogP contribution >= 0.6 is 0 Å². The summed E-state index contributed by atoms with van der Waals surface area (Å²) in [4.78, 5) is 0. The average molecular weight is 156 g/mol. The van der Waals surface area contributed by atoms with Crippen LogP contribution in [0.25, 0.3) is 0 Å². The molecule has 0 aromatic heterocycles. The van der Waals surface area contributed by atoms with E-state index < -0.39 is 0 Å². The minimum atomic E-state index is -0.355. The predicted octanol–water partition coefficient (Wildman–Crippen LogP) is 1.70. The van der Waals surface area contributed by atoms with E-state index in [-0.39, 0.29) is 11.5 Å². The van der Waals surface area contributed by atoms with Gasteiger partial charge in [0.15, 0.2) is 0 Å². The molecule has 64 valence electrons. The number of methoxy groups -OCH3 is 1. The molecule has 0 aliphatic heterocycles. The van der Waals surface area contributed by atoms with Crippen LogP contribution in [0.5, 0.6) is 0 Å². The number of ether oxygens (including phenoxy) is 1. The summed E-state index contributed by atoms with van der Waals surface area (Å²) < 4.78 is 5.06. The predicted molar refractivity (Wildman–Crippen MR) is 44.1 cm³/mol. The zero-order valence-corrected chi connectivity index (χ0v) is 7.42. The molecule has 2 heteroatoms. The van der Waals surface area contributed by atoms with E-state index >= 15 is 0 Å². The van der Waals surface area contributed by atoms with Crippen molar-refractivity contribution in [2.45, 2.75) is 32.8 Å². The van der Waals surface area contributed by atoms with Gasteiger partial charge in [0, 0.05) is 6.42 Å². The van der Waals surface area contributed by atoms with E-state index in [0.717, 1.165) is 18.6 Å². The van der Waals surface area contributed by atoms with Crippen LogP contribution in [0.4, 0.5) is 0 Å². The lowest BCUT2D eigenvalue weighted by molar-refractivity contribution is 0.0623. The van der Waals surface area contributed by atoms with E-state index in [0.29, 0.717) is 0 Å². The number of rotatable bonds is 1. The number of aliphatic hydroxyl groups is 1. The van der Waals surface area contributed by atoms with Gasteiger partial charge in [0.1, 0.15) is 0 Å². The lowest BCUT2D eigenvalue weighted by Crippen LogP contribution is -2.31. The summed E-state index contributed by atoms with van der Waals surface area (Å²) in [5.74, 6) is 0.914. The zero-order chi connectivity index (χ0) is 8.48. The van der Waals surface area contributed by atoms with Crippen molar-refractivity contribution in [1.82, 2.24) is 0 Å². The van der Waals surface area contributed by atoms with Gasteiger partial charge in [-0.15, -0.1) is 0 Å². The molecule has 0 spiro atoms. The summed E-state index contributed by atoms with van der Waals surface area (Å²) in [6.07, 6.45) is 3.39. The monoisotopic (exact) mass is 156 g/mol. The lowest BCUT2D eigenvalue weighted by Gasteiger charge is -2.32. The van der Waals surface area contributed by atoms with Gasteiger partial charge in [-0.1, -0.05) is 13.8 Å². The van der Waals surface area contributed by atoms with E-state index in [1.54, 1.807) is 7.11 Å². The molecule has 1 rings (SSSR count). The fourth-order valence-corrected chi connectivity index (χ4v) is 1.25. The van der Waals surface area contributed by atoms with E-state index in [1.807, 2.05) is 6.08 Å². The number of hydrogen-bond donors (Lipinski definition) is 1. The first kappa shape index (κ1) is 8.60.